The number of hydrogen-bond donors (Lipinski definition) is 1. The first-order valence-corrected chi connectivity index (χ1v) is 11.7. The average Bonchev–Trinajstić information content (AvgIpc) is 3.31. The van der Waals surface area contributed by atoms with Crippen molar-refractivity contribution in [2.45, 2.75) is 37.9 Å². The van der Waals surface area contributed by atoms with E-state index in [1.807, 2.05) is 30.3 Å². The molecule has 6 nitrogen and oxygen atoms in total. The Morgan fingerprint density at radius 2 is 1.77 bits per heavy atom. The molecule has 1 aromatic heterocycles. The Bertz CT molecular complexity index is 1180. The molecule has 1 aliphatic heterocycles. The Morgan fingerprint density at radius 1 is 1.06 bits per heavy atom. The smallest absolute Gasteiger partial charge is 0.354 e. The van der Waals surface area contributed by atoms with Gasteiger partial charge in [0.25, 0.3) is 5.91 Å². The molecule has 4 rings (SSSR count). The number of amides is 2. The van der Waals surface area contributed by atoms with Crippen LogP contribution in [0.4, 0.5) is 13.2 Å². The van der Waals surface area contributed by atoms with Crippen molar-refractivity contribution < 1.29 is 22.8 Å². The molecule has 1 unspecified atom stereocenters. The second-order valence-electron chi connectivity index (χ2n) is 8.33. The lowest BCUT2D eigenvalue weighted by atomic mass is 9.99. The summed E-state index contributed by atoms with van der Waals surface area (Å²) in [5.41, 5.74) is -0.599. The molecule has 2 amide bonds. The molecule has 1 atom stereocenters. The third-order valence-corrected chi connectivity index (χ3v) is 6.21. The number of alkyl halides is 3. The maximum absolute atomic E-state index is 14.1. The summed E-state index contributed by atoms with van der Waals surface area (Å²) in [5, 5.41) is 7.05. The van der Waals surface area contributed by atoms with Crippen LogP contribution < -0.4 is 5.32 Å². The Morgan fingerprint density at radius 3 is 2.46 bits per heavy atom. The molecule has 1 saturated heterocycles. The normalized spacial score (nSPS) is 16.2. The van der Waals surface area contributed by atoms with Gasteiger partial charge in [0.2, 0.25) is 5.91 Å². The Balaban J connectivity index is 1.55. The molecule has 2 heterocycles. The number of piperidine rings is 1. The van der Waals surface area contributed by atoms with Gasteiger partial charge < -0.3 is 10.2 Å². The van der Waals surface area contributed by atoms with Crippen molar-refractivity contribution >= 4 is 23.4 Å². The van der Waals surface area contributed by atoms with E-state index in [2.05, 4.69) is 10.4 Å². The van der Waals surface area contributed by atoms with Gasteiger partial charge in [0.1, 0.15) is 6.04 Å². The second kappa shape index (κ2) is 10.5. The first-order chi connectivity index (χ1) is 16.8. The monoisotopic (exact) mass is 504 g/mol. The fourth-order valence-corrected chi connectivity index (χ4v) is 4.38. The van der Waals surface area contributed by atoms with E-state index in [-0.39, 0.29) is 18.1 Å². The molecule has 0 aliphatic carbocycles. The number of carbonyl (C=O) groups excluding carboxylic acids is 2. The van der Waals surface area contributed by atoms with E-state index in [9.17, 15) is 22.8 Å². The van der Waals surface area contributed by atoms with E-state index < -0.39 is 29.4 Å². The summed E-state index contributed by atoms with van der Waals surface area (Å²) in [7, 11) is 0. The highest BCUT2D eigenvalue weighted by Gasteiger charge is 2.43. The van der Waals surface area contributed by atoms with Crippen molar-refractivity contribution in [1.82, 2.24) is 20.0 Å². The molecule has 0 bridgehead atoms. The first-order valence-electron chi connectivity index (χ1n) is 11.3. The minimum absolute atomic E-state index is 0.120. The molecule has 1 aliphatic rings. The van der Waals surface area contributed by atoms with Crippen LogP contribution in [0.3, 0.4) is 0 Å². The summed E-state index contributed by atoms with van der Waals surface area (Å²) in [6.45, 7) is 0.558. The van der Waals surface area contributed by atoms with E-state index in [4.69, 9.17) is 11.6 Å². The molecule has 0 spiro atoms. The van der Waals surface area contributed by atoms with Gasteiger partial charge in [0, 0.05) is 18.1 Å². The minimum Gasteiger partial charge on any atom is -0.354 e. The van der Waals surface area contributed by atoms with Crippen molar-refractivity contribution in [1.29, 1.82) is 0 Å². The number of nitrogens with one attached hydrogen (secondary N) is 1. The largest absolute Gasteiger partial charge is 0.434 e. The lowest BCUT2D eigenvalue weighted by Gasteiger charge is -2.34. The summed E-state index contributed by atoms with van der Waals surface area (Å²) < 4.78 is 42.9. The molecule has 0 radical (unpaired) electrons. The van der Waals surface area contributed by atoms with Crippen LogP contribution in [0.2, 0.25) is 5.02 Å². The van der Waals surface area contributed by atoms with Gasteiger partial charge in [-0.1, -0.05) is 41.9 Å². The topological polar surface area (TPSA) is 67.2 Å². The van der Waals surface area contributed by atoms with Crippen LogP contribution in [0.15, 0.2) is 60.8 Å². The number of hydrogen-bond acceptors (Lipinski definition) is 3. The van der Waals surface area contributed by atoms with Gasteiger partial charge in [-0.3, -0.25) is 9.59 Å². The van der Waals surface area contributed by atoms with Gasteiger partial charge in [0.15, 0.2) is 5.69 Å². The van der Waals surface area contributed by atoms with E-state index in [1.165, 1.54) is 29.2 Å². The SMILES string of the molecule is O=C(NCCc1ccccc1)C1CCCCN1C(=O)c1cnn(-c2ccc(Cl)cc2)c1C(F)(F)F. The lowest BCUT2D eigenvalue weighted by molar-refractivity contribution is -0.143. The van der Waals surface area contributed by atoms with E-state index >= 15 is 0 Å². The van der Waals surface area contributed by atoms with Gasteiger partial charge in [-0.2, -0.15) is 18.3 Å². The zero-order chi connectivity index (χ0) is 25.0. The number of nitrogens with zero attached hydrogens (tertiary/aromatic N) is 3. The molecule has 184 valence electrons. The number of halogens is 4. The molecule has 1 fully saturated rings. The second-order valence-corrected chi connectivity index (χ2v) is 8.77. The van der Waals surface area contributed by atoms with Crippen LogP contribution >= 0.6 is 11.6 Å². The summed E-state index contributed by atoms with van der Waals surface area (Å²) in [6.07, 6.45) is -1.62. The number of carbonyl (C=O) groups is 2. The number of rotatable bonds is 6. The highest BCUT2D eigenvalue weighted by molar-refractivity contribution is 6.30. The predicted octanol–water partition coefficient (Wildman–Crippen LogP) is 4.90. The van der Waals surface area contributed by atoms with E-state index in [1.54, 1.807) is 0 Å². The Kier molecular flexibility index (Phi) is 7.45. The van der Waals surface area contributed by atoms with Crippen LogP contribution in [-0.2, 0) is 17.4 Å². The minimum atomic E-state index is -4.84. The molecule has 2 aromatic carbocycles. The fraction of sp³-hybridized carbons (Fsp3) is 0.320. The Labute approximate surface area is 205 Å². The van der Waals surface area contributed by atoms with Crippen molar-refractivity contribution in [3.63, 3.8) is 0 Å². The molecular formula is C25H24ClF3N4O2. The standard InChI is InChI=1S/C25H24ClF3N4O2/c26-18-9-11-19(12-10-18)33-22(25(27,28)29)20(16-31-33)24(35)32-15-5-4-8-21(32)23(34)30-14-13-17-6-2-1-3-7-17/h1-3,6-7,9-12,16,21H,4-5,8,13-15H2,(H,30,34). The molecule has 3 aromatic rings. The molecular weight excluding hydrogens is 481 g/mol. The maximum atomic E-state index is 14.1. The summed E-state index contributed by atoms with van der Waals surface area (Å²) in [6, 6.07) is 14.4. The van der Waals surface area contributed by atoms with Crippen LogP contribution in [0, 0.1) is 0 Å². The highest BCUT2D eigenvalue weighted by atomic mass is 35.5. The van der Waals surface area contributed by atoms with Crippen molar-refractivity contribution in [2.75, 3.05) is 13.1 Å². The maximum Gasteiger partial charge on any atom is 0.434 e. The quantitative estimate of drug-likeness (QED) is 0.519. The van der Waals surface area contributed by atoms with Crippen molar-refractivity contribution in [3.05, 3.63) is 82.6 Å². The first kappa shape index (κ1) is 24.8. The average molecular weight is 505 g/mol. The van der Waals surface area contributed by atoms with Crippen LogP contribution in [0.5, 0.6) is 0 Å². The molecule has 1 N–H and O–H groups in total. The van der Waals surface area contributed by atoms with Gasteiger partial charge in [0.05, 0.1) is 17.4 Å². The zero-order valence-corrected chi connectivity index (χ0v) is 19.5. The molecule has 0 saturated carbocycles. The van der Waals surface area contributed by atoms with E-state index in [0.717, 1.165) is 11.8 Å². The van der Waals surface area contributed by atoms with Gasteiger partial charge >= 0.3 is 6.18 Å². The molecule has 35 heavy (non-hydrogen) atoms. The fourth-order valence-electron chi connectivity index (χ4n) is 4.25. The van der Waals surface area contributed by atoms with Crippen molar-refractivity contribution in [2.24, 2.45) is 0 Å². The highest BCUT2D eigenvalue weighted by Crippen LogP contribution is 2.35. The third-order valence-electron chi connectivity index (χ3n) is 5.96. The zero-order valence-electron chi connectivity index (χ0n) is 18.8. The van der Waals surface area contributed by atoms with Crippen molar-refractivity contribution in [3.8, 4) is 5.69 Å². The molecule has 10 heteroatoms. The van der Waals surface area contributed by atoms with Crippen LogP contribution in [0.1, 0.15) is 40.9 Å². The Hall–Kier alpha value is -3.33. The van der Waals surface area contributed by atoms with Gasteiger partial charge in [-0.05, 0) is 55.5 Å². The lowest BCUT2D eigenvalue weighted by Crippen LogP contribution is -2.52. The van der Waals surface area contributed by atoms with E-state index in [0.29, 0.717) is 41.9 Å². The van der Waals surface area contributed by atoms with Crippen LogP contribution in [-0.4, -0.2) is 45.6 Å². The third kappa shape index (κ3) is 5.67. The van der Waals surface area contributed by atoms with Crippen LogP contribution in [0.25, 0.3) is 5.69 Å². The summed E-state index contributed by atoms with van der Waals surface area (Å²) in [5.74, 6) is -1.23. The number of aromatic nitrogens is 2. The summed E-state index contributed by atoms with van der Waals surface area (Å²) in [4.78, 5) is 27.5. The van der Waals surface area contributed by atoms with Gasteiger partial charge in [-0.15, -0.1) is 0 Å². The number of likely N-dealkylation sites (tertiary alicyclic amines) is 1. The number of benzene rings is 2. The summed E-state index contributed by atoms with van der Waals surface area (Å²) >= 11 is 5.85. The predicted molar refractivity (Wildman–Crippen MR) is 125 cm³/mol. The van der Waals surface area contributed by atoms with Gasteiger partial charge in [-0.25, -0.2) is 4.68 Å².